The Balaban J connectivity index is 1.13. The van der Waals surface area contributed by atoms with Crippen molar-refractivity contribution in [3.05, 3.63) is 101 Å². The van der Waals surface area contributed by atoms with Gasteiger partial charge >= 0.3 is 0 Å². The quantitative estimate of drug-likeness (QED) is 0.146. The minimum absolute atomic E-state index is 0.0368. The fourth-order valence-corrected chi connectivity index (χ4v) is 11.9. The van der Waals surface area contributed by atoms with Crippen molar-refractivity contribution in [2.24, 2.45) is 5.92 Å². The SMILES string of the molecule is C[C@H]1[C@H]([Si](C)(C)F)[C@@H](CCn2cc(C(CO)c3ccccc3)nn2)O[C@]12C(=O)N(Cc1cccc(N3CCCC3=O)c1)c1ccc(N3CCCC3=O)cc12. The second kappa shape index (κ2) is 14.2. The molecule has 0 aliphatic carbocycles. The van der Waals surface area contributed by atoms with E-state index >= 15 is 8.90 Å². The Hall–Kier alpha value is -4.72. The van der Waals surface area contributed by atoms with Crippen molar-refractivity contribution >= 4 is 43.2 Å². The van der Waals surface area contributed by atoms with Crippen molar-refractivity contribution in [1.29, 1.82) is 0 Å². The van der Waals surface area contributed by atoms with E-state index in [0.717, 1.165) is 29.7 Å². The Labute approximate surface area is 315 Å². The molecule has 0 saturated carbocycles. The summed E-state index contributed by atoms with van der Waals surface area (Å²) in [5.41, 5.74) is 3.29. The predicted octanol–water partition coefficient (Wildman–Crippen LogP) is 6.07. The summed E-state index contributed by atoms with van der Waals surface area (Å²) in [6.45, 7) is 7.07. The van der Waals surface area contributed by atoms with Crippen molar-refractivity contribution < 1.29 is 28.3 Å². The average Bonchev–Trinajstić information content (AvgIpc) is 3.99. The van der Waals surface area contributed by atoms with Crippen LogP contribution in [0.5, 0.6) is 0 Å². The average molecular weight is 751 g/mol. The summed E-state index contributed by atoms with van der Waals surface area (Å²) >= 11 is 0. The Kier molecular flexibility index (Phi) is 9.51. The molecule has 4 aliphatic heterocycles. The normalized spacial score (nSPS) is 24.7. The Morgan fingerprint density at radius 1 is 0.944 bits per heavy atom. The number of aliphatic hydroxyl groups excluding tert-OH is 1. The van der Waals surface area contributed by atoms with Crippen LogP contribution >= 0.6 is 0 Å². The molecule has 1 spiro atoms. The van der Waals surface area contributed by atoms with Crippen LogP contribution in [0.3, 0.4) is 0 Å². The van der Waals surface area contributed by atoms with Crippen molar-refractivity contribution in [2.75, 3.05) is 34.4 Å². The number of fused-ring (bicyclic) bond motifs is 2. The predicted molar refractivity (Wildman–Crippen MR) is 205 cm³/mol. The molecule has 3 saturated heterocycles. The first-order valence-corrected chi connectivity index (χ1v) is 22.0. The molecule has 4 aliphatic rings. The van der Waals surface area contributed by atoms with Crippen molar-refractivity contribution in [3.63, 3.8) is 0 Å². The van der Waals surface area contributed by atoms with E-state index in [1.165, 1.54) is 0 Å². The summed E-state index contributed by atoms with van der Waals surface area (Å²) in [6, 6.07) is 23.1. The standard InChI is InChI=1S/C41H47FN6O5Si/c1-27-39(54(2,3)42)36(18-21-45-25-34(43-44-45)32(26-49)29-11-5-4-6-12-29)53-41(27)33-23-31(47-20-9-15-38(47)51)16-17-35(33)48(40(41)52)24-28-10-7-13-30(22-28)46-19-8-14-37(46)50/h4-7,10-13,16-17,22-23,25,27,32,36,39,49H,8-9,14-15,18-21,24,26H2,1-3H3/t27-,32?,36+,39-,41+/m0/s1. The van der Waals surface area contributed by atoms with E-state index in [0.29, 0.717) is 61.5 Å². The zero-order valence-electron chi connectivity index (χ0n) is 31.0. The molecule has 13 heteroatoms. The number of ether oxygens (including phenoxy) is 1. The van der Waals surface area contributed by atoms with Crippen LogP contribution in [0.15, 0.2) is 79.0 Å². The van der Waals surface area contributed by atoms with Crippen LogP contribution in [0.4, 0.5) is 21.2 Å². The van der Waals surface area contributed by atoms with Gasteiger partial charge in [0.15, 0.2) is 5.60 Å². The summed E-state index contributed by atoms with van der Waals surface area (Å²) in [5, 5.41) is 18.9. The molecular weight excluding hydrogens is 704 g/mol. The zero-order chi connectivity index (χ0) is 37.8. The van der Waals surface area contributed by atoms with Gasteiger partial charge in [0.25, 0.3) is 5.91 Å². The minimum atomic E-state index is -3.45. The number of aryl methyl sites for hydroxylation is 1. The van der Waals surface area contributed by atoms with Gasteiger partial charge in [0.2, 0.25) is 20.2 Å². The van der Waals surface area contributed by atoms with Crippen LogP contribution < -0.4 is 14.7 Å². The van der Waals surface area contributed by atoms with Gasteiger partial charge in [-0.05, 0) is 73.8 Å². The van der Waals surface area contributed by atoms with Gasteiger partial charge in [0.1, 0.15) is 0 Å². The number of carbonyl (C=O) groups excluding carboxylic acids is 3. The van der Waals surface area contributed by atoms with E-state index in [1.807, 2.05) is 85.9 Å². The van der Waals surface area contributed by atoms with Crippen LogP contribution in [-0.2, 0) is 37.8 Å². The fourth-order valence-electron chi connectivity index (χ4n) is 9.37. The summed E-state index contributed by atoms with van der Waals surface area (Å²) in [4.78, 5) is 45.9. The van der Waals surface area contributed by atoms with E-state index in [-0.39, 0.29) is 36.8 Å². The molecule has 5 heterocycles. The first-order valence-electron chi connectivity index (χ1n) is 19.1. The highest BCUT2D eigenvalue weighted by Gasteiger charge is 2.66. The third kappa shape index (κ3) is 6.25. The number of halogens is 1. The minimum Gasteiger partial charge on any atom is -0.395 e. The topological polar surface area (TPSA) is 121 Å². The highest BCUT2D eigenvalue weighted by molar-refractivity contribution is 6.72. The van der Waals surface area contributed by atoms with Gasteiger partial charge in [-0.2, -0.15) is 0 Å². The molecule has 1 aromatic heterocycles. The maximum absolute atomic E-state index is 16.6. The third-order valence-corrected chi connectivity index (χ3v) is 14.4. The van der Waals surface area contributed by atoms with Gasteiger partial charge < -0.3 is 28.7 Å². The molecule has 3 aromatic carbocycles. The van der Waals surface area contributed by atoms with Gasteiger partial charge in [-0.3, -0.25) is 19.1 Å². The number of aromatic nitrogens is 3. The molecule has 54 heavy (non-hydrogen) atoms. The second-order valence-electron chi connectivity index (χ2n) is 15.7. The number of aliphatic hydroxyl groups is 1. The van der Waals surface area contributed by atoms with Gasteiger partial charge in [-0.1, -0.05) is 54.6 Å². The van der Waals surface area contributed by atoms with E-state index in [2.05, 4.69) is 10.3 Å². The highest BCUT2D eigenvalue weighted by Crippen LogP contribution is 2.61. The van der Waals surface area contributed by atoms with Crippen molar-refractivity contribution in [2.45, 2.75) is 88.4 Å². The summed E-state index contributed by atoms with van der Waals surface area (Å²) in [6.07, 6.45) is 4.18. The lowest BCUT2D eigenvalue weighted by Gasteiger charge is -2.31. The lowest BCUT2D eigenvalue weighted by atomic mass is 9.82. The van der Waals surface area contributed by atoms with Crippen LogP contribution in [0.1, 0.15) is 67.3 Å². The number of rotatable bonds is 11. The largest absolute Gasteiger partial charge is 0.395 e. The number of benzene rings is 3. The summed E-state index contributed by atoms with van der Waals surface area (Å²) < 4.78 is 25.4. The van der Waals surface area contributed by atoms with E-state index in [1.54, 1.807) is 32.5 Å². The first-order chi connectivity index (χ1) is 26.0. The number of nitrogens with zero attached hydrogens (tertiary/aromatic N) is 6. The molecule has 0 radical (unpaired) electrons. The Bertz CT molecular complexity index is 2070. The maximum Gasteiger partial charge on any atom is 0.264 e. The van der Waals surface area contributed by atoms with E-state index in [4.69, 9.17) is 4.74 Å². The molecule has 8 rings (SSSR count). The van der Waals surface area contributed by atoms with Crippen molar-refractivity contribution in [1.82, 2.24) is 15.0 Å². The fraction of sp³-hybridized carbons (Fsp3) is 0.439. The van der Waals surface area contributed by atoms with Crippen LogP contribution in [0.2, 0.25) is 18.6 Å². The number of carbonyl (C=O) groups is 3. The van der Waals surface area contributed by atoms with Gasteiger partial charge in [0.05, 0.1) is 36.6 Å². The maximum atomic E-state index is 16.6. The van der Waals surface area contributed by atoms with Gasteiger partial charge in [-0.25, -0.2) is 0 Å². The van der Waals surface area contributed by atoms with Crippen LogP contribution in [0, 0.1) is 5.92 Å². The zero-order valence-corrected chi connectivity index (χ0v) is 32.0. The smallest absolute Gasteiger partial charge is 0.264 e. The monoisotopic (exact) mass is 750 g/mol. The molecule has 0 bridgehead atoms. The third-order valence-electron chi connectivity index (χ3n) is 11.9. The molecule has 1 N–H and O–H groups in total. The molecule has 1 unspecified atom stereocenters. The Morgan fingerprint density at radius 3 is 2.30 bits per heavy atom. The van der Waals surface area contributed by atoms with Gasteiger partial charge in [0, 0.05) is 67.1 Å². The van der Waals surface area contributed by atoms with Crippen LogP contribution in [-0.4, -0.2) is 72.0 Å². The Morgan fingerprint density at radius 2 is 1.65 bits per heavy atom. The molecule has 3 fully saturated rings. The van der Waals surface area contributed by atoms with E-state index in [9.17, 15) is 14.7 Å². The van der Waals surface area contributed by atoms with Gasteiger partial charge in [-0.15, -0.1) is 5.10 Å². The number of hydrogen-bond acceptors (Lipinski definition) is 7. The lowest BCUT2D eigenvalue weighted by Crippen LogP contribution is -2.45. The van der Waals surface area contributed by atoms with Crippen LogP contribution in [0.25, 0.3) is 0 Å². The first kappa shape index (κ1) is 36.3. The van der Waals surface area contributed by atoms with Crippen molar-refractivity contribution in [3.8, 4) is 0 Å². The number of amides is 3. The number of anilines is 3. The molecular formula is C41H47FN6O5Si. The highest BCUT2D eigenvalue weighted by atomic mass is 28.4. The molecule has 5 atom stereocenters. The molecule has 11 nitrogen and oxygen atoms in total. The van der Waals surface area contributed by atoms with E-state index < -0.39 is 31.6 Å². The second-order valence-corrected chi connectivity index (χ2v) is 19.5. The summed E-state index contributed by atoms with van der Waals surface area (Å²) in [5.74, 6) is -0.961. The molecule has 4 aromatic rings. The molecule has 282 valence electrons. The summed E-state index contributed by atoms with van der Waals surface area (Å²) in [7, 11) is -3.45. The lowest BCUT2D eigenvalue weighted by molar-refractivity contribution is -0.146. The number of hydrogen-bond donors (Lipinski definition) is 1. The molecule has 3 amide bonds.